The lowest BCUT2D eigenvalue weighted by Crippen LogP contribution is -2.44. The van der Waals surface area contributed by atoms with E-state index in [4.69, 9.17) is 0 Å². The molecule has 7 nitrogen and oxygen atoms in total. The third-order valence-corrected chi connectivity index (χ3v) is 6.65. The Bertz CT molecular complexity index is 981. The number of amides is 1. The molecular weight excluding hydrogens is 376 g/mol. The highest BCUT2D eigenvalue weighted by molar-refractivity contribution is 7.92. The molecule has 1 amide bonds. The Morgan fingerprint density at radius 3 is 2.39 bits per heavy atom. The predicted molar refractivity (Wildman–Crippen MR) is 110 cm³/mol. The molecule has 0 atom stereocenters. The van der Waals surface area contributed by atoms with Crippen LogP contribution in [0, 0.1) is 0 Å². The molecule has 148 valence electrons. The van der Waals surface area contributed by atoms with Crippen LogP contribution in [0.3, 0.4) is 0 Å². The second kappa shape index (κ2) is 7.44. The Kier molecular flexibility index (Phi) is 4.99. The predicted octanol–water partition coefficient (Wildman–Crippen LogP) is 2.12. The number of rotatable bonds is 4. The fourth-order valence-electron chi connectivity index (χ4n) is 3.55. The number of carbonyl (C=O) groups is 1. The number of carbonyl (C=O) groups excluding carboxylic acids is 1. The molecule has 0 bridgehead atoms. The number of benzene rings is 2. The summed E-state index contributed by atoms with van der Waals surface area (Å²) in [7, 11) is -1.57. The number of fused-ring (bicyclic) bond motifs is 1. The Morgan fingerprint density at radius 1 is 0.964 bits per heavy atom. The van der Waals surface area contributed by atoms with Gasteiger partial charge in [-0.2, -0.15) is 0 Å². The summed E-state index contributed by atoms with van der Waals surface area (Å²) in [5.41, 5.74) is 3.16. The average Bonchev–Trinajstić information content (AvgIpc) is 2.68. The van der Waals surface area contributed by atoms with Gasteiger partial charge in [0.15, 0.2) is 0 Å². The molecule has 2 heterocycles. The summed E-state index contributed by atoms with van der Waals surface area (Å²) < 4.78 is 28.2. The van der Waals surface area contributed by atoms with Crippen molar-refractivity contribution in [2.45, 2.75) is 17.7 Å². The maximum Gasteiger partial charge on any atom is 0.261 e. The van der Waals surface area contributed by atoms with Crippen LogP contribution in [0.2, 0.25) is 0 Å². The summed E-state index contributed by atoms with van der Waals surface area (Å²) in [5, 5.41) is 2.77. The van der Waals surface area contributed by atoms with E-state index in [-0.39, 0.29) is 10.8 Å². The summed E-state index contributed by atoms with van der Waals surface area (Å²) in [6.45, 7) is 3.97. The van der Waals surface area contributed by atoms with Gasteiger partial charge in [-0.05, 0) is 61.5 Å². The molecule has 8 heteroatoms. The third kappa shape index (κ3) is 3.98. The Labute approximate surface area is 165 Å². The van der Waals surface area contributed by atoms with Crippen LogP contribution in [0.15, 0.2) is 47.4 Å². The molecule has 0 unspecified atom stereocenters. The van der Waals surface area contributed by atoms with E-state index in [1.165, 1.54) is 6.07 Å². The lowest BCUT2D eigenvalue weighted by molar-refractivity contribution is -0.116. The van der Waals surface area contributed by atoms with Crippen molar-refractivity contribution in [3.8, 4) is 0 Å². The lowest BCUT2D eigenvalue weighted by Gasteiger charge is -2.34. The summed E-state index contributed by atoms with van der Waals surface area (Å²) in [5.74, 6) is -0.0401. The van der Waals surface area contributed by atoms with Crippen molar-refractivity contribution in [1.29, 1.82) is 0 Å². The average molecular weight is 401 g/mol. The highest BCUT2D eigenvalue weighted by Crippen LogP contribution is 2.27. The smallest absolute Gasteiger partial charge is 0.261 e. The second-order valence-electron chi connectivity index (χ2n) is 7.31. The van der Waals surface area contributed by atoms with Crippen LogP contribution >= 0.6 is 0 Å². The van der Waals surface area contributed by atoms with Crippen molar-refractivity contribution in [3.63, 3.8) is 0 Å². The maximum atomic E-state index is 12.8. The monoisotopic (exact) mass is 400 g/mol. The van der Waals surface area contributed by atoms with Gasteiger partial charge in [0.25, 0.3) is 10.0 Å². The van der Waals surface area contributed by atoms with Crippen molar-refractivity contribution in [1.82, 2.24) is 4.90 Å². The molecule has 2 aliphatic heterocycles. The van der Waals surface area contributed by atoms with Gasteiger partial charge < -0.3 is 15.1 Å². The molecule has 2 N–H and O–H groups in total. The summed E-state index contributed by atoms with van der Waals surface area (Å²) in [6.07, 6.45) is 0.919. The number of nitrogens with zero attached hydrogens (tertiary/aromatic N) is 2. The van der Waals surface area contributed by atoms with Crippen molar-refractivity contribution in [2.75, 3.05) is 48.2 Å². The minimum Gasteiger partial charge on any atom is -0.369 e. The van der Waals surface area contributed by atoms with Gasteiger partial charge in [-0.3, -0.25) is 9.52 Å². The number of nitrogens with one attached hydrogen (secondary N) is 2. The normalized spacial score (nSPS) is 17.8. The van der Waals surface area contributed by atoms with Crippen LogP contribution in [-0.4, -0.2) is 52.5 Å². The minimum atomic E-state index is -3.69. The molecule has 4 rings (SSSR count). The van der Waals surface area contributed by atoms with Crippen LogP contribution in [0.4, 0.5) is 17.1 Å². The highest BCUT2D eigenvalue weighted by Gasteiger charge is 2.20. The minimum absolute atomic E-state index is 0.0401. The number of piperazine rings is 1. The van der Waals surface area contributed by atoms with E-state index < -0.39 is 10.0 Å². The van der Waals surface area contributed by atoms with Gasteiger partial charge >= 0.3 is 0 Å². The zero-order valence-corrected chi connectivity index (χ0v) is 16.6. The Hall–Kier alpha value is -2.58. The van der Waals surface area contributed by atoms with Gasteiger partial charge in [0.1, 0.15) is 0 Å². The number of anilines is 3. The molecule has 0 saturated carbocycles. The van der Waals surface area contributed by atoms with Gasteiger partial charge in [0.2, 0.25) is 5.91 Å². The van der Waals surface area contributed by atoms with E-state index in [1.807, 2.05) is 12.1 Å². The molecule has 0 spiro atoms. The fraction of sp³-hybridized carbons (Fsp3) is 0.350. The molecule has 28 heavy (non-hydrogen) atoms. The van der Waals surface area contributed by atoms with Crippen molar-refractivity contribution in [3.05, 3.63) is 48.0 Å². The van der Waals surface area contributed by atoms with Crippen LogP contribution in [0.1, 0.15) is 12.0 Å². The molecule has 1 saturated heterocycles. The fourth-order valence-corrected chi connectivity index (χ4v) is 4.65. The van der Waals surface area contributed by atoms with Gasteiger partial charge in [-0.25, -0.2) is 8.42 Å². The number of hydrogen-bond donors (Lipinski definition) is 2. The van der Waals surface area contributed by atoms with Crippen molar-refractivity contribution < 1.29 is 13.2 Å². The lowest BCUT2D eigenvalue weighted by atomic mass is 10.0. The van der Waals surface area contributed by atoms with Crippen LogP contribution in [-0.2, 0) is 21.2 Å². The standard InChI is InChI=1S/C20H24N4O3S/c1-23-10-12-24(13-11-23)17-5-3-16(4-6-17)22-28(26,27)18-7-8-19-15(14-18)2-9-20(25)21-19/h3-8,14,22H,2,9-13H2,1H3,(H,21,25). The van der Waals surface area contributed by atoms with E-state index in [9.17, 15) is 13.2 Å². The molecule has 2 aliphatic rings. The maximum absolute atomic E-state index is 12.8. The number of hydrogen-bond acceptors (Lipinski definition) is 5. The van der Waals surface area contributed by atoms with Crippen LogP contribution < -0.4 is 14.9 Å². The van der Waals surface area contributed by atoms with Gasteiger partial charge in [0, 0.05) is 49.7 Å². The van der Waals surface area contributed by atoms with Crippen molar-refractivity contribution in [2.24, 2.45) is 0 Å². The first-order valence-corrected chi connectivity index (χ1v) is 10.9. The largest absolute Gasteiger partial charge is 0.369 e. The Morgan fingerprint density at radius 2 is 1.68 bits per heavy atom. The molecule has 2 aromatic carbocycles. The van der Waals surface area contributed by atoms with E-state index in [2.05, 4.69) is 26.9 Å². The molecule has 1 fully saturated rings. The van der Waals surface area contributed by atoms with E-state index >= 15 is 0 Å². The number of aryl methyl sites for hydroxylation is 1. The molecule has 2 aromatic rings. The molecule has 0 aliphatic carbocycles. The zero-order valence-electron chi connectivity index (χ0n) is 15.8. The topological polar surface area (TPSA) is 81.8 Å². The van der Waals surface area contributed by atoms with Crippen LogP contribution in [0.25, 0.3) is 0 Å². The van der Waals surface area contributed by atoms with E-state index in [1.54, 1.807) is 24.3 Å². The number of likely N-dealkylation sites (N-methyl/N-ethyl adjacent to an activating group) is 1. The molecular formula is C20H24N4O3S. The Balaban J connectivity index is 1.48. The summed E-state index contributed by atoms with van der Waals surface area (Å²) >= 11 is 0. The SMILES string of the molecule is CN1CCN(c2ccc(NS(=O)(=O)c3ccc4c(c3)CCC(=O)N4)cc2)CC1. The van der Waals surface area contributed by atoms with Crippen molar-refractivity contribution >= 4 is 33.0 Å². The first-order chi connectivity index (χ1) is 13.4. The van der Waals surface area contributed by atoms with Gasteiger partial charge in [-0.15, -0.1) is 0 Å². The third-order valence-electron chi connectivity index (χ3n) is 5.27. The van der Waals surface area contributed by atoms with Gasteiger partial charge in [-0.1, -0.05) is 0 Å². The van der Waals surface area contributed by atoms with Crippen LogP contribution in [0.5, 0.6) is 0 Å². The quantitative estimate of drug-likeness (QED) is 0.822. The first kappa shape index (κ1) is 18.8. The first-order valence-electron chi connectivity index (χ1n) is 9.40. The summed E-state index contributed by atoms with van der Waals surface area (Å²) in [6, 6.07) is 12.3. The second-order valence-corrected chi connectivity index (χ2v) is 8.99. The molecule has 0 radical (unpaired) electrons. The zero-order chi connectivity index (χ0) is 19.7. The number of sulfonamides is 1. The summed E-state index contributed by atoms with van der Waals surface area (Å²) in [4.78, 5) is 16.3. The van der Waals surface area contributed by atoms with E-state index in [0.29, 0.717) is 24.2 Å². The van der Waals surface area contributed by atoms with E-state index in [0.717, 1.165) is 37.4 Å². The molecule has 0 aromatic heterocycles. The van der Waals surface area contributed by atoms with Gasteiger partial charge in [0.05, 0.1) is 4.90 Å². The highest BCUT2D eigenvalue weighted by atomic mass is 32.2.